The van der Waals surface area contributed by atoms with Gasteiger partial charge in [-0.1, -0.05) is 6.07 Å². The molecule has 0 aliphatic carbocycles. The molecule has 1 fully saturated rings. The number of rotatable bonds is 6. The van der Waals surface area contributed by atoms with Gasteiger partial charge in [0.15, 0.2) is 0 Å². The smallest absolute Gasteiger partial charge is 0.207 e. The zero-order valence-electron chi connectivity index (χ0n) is 17.1. The van der Waals surface area contributed by atoms with E-state index in [0.717, 1.165) is 67.6 Å². The van der Waals surface area contributed by atoms with E-state index >= 15 is 0 Å². The Hall–Kier alpha value is -2.89. The summed E-state index contributed by atoms with van der Waals surface area (Å²) in [7, 11) is 0. The van der Waals surface area contributed by atoms with Crippen molar-refractivity contribution < 1.29 is 0 Å². The molecule has 1 saturated heterocycles. The maximum absolute atomic E-state index is 6.25. The van der Waals surface area contributed by atoms with Crippen LogP contribution >= 0.6 is 0 Å². The number of nitrogens with one attached hydrogen (secondary N) is 3. The molecule has 11 nitrogen and oxygen atoms in total. The molecule has 30 heavy (non-hydrogen) atoms. The first-order valence-corrected chi connectivity index (χ1v) is 10.4. The summed E-state index contributed by atoms with van der Waals surface area (Å²) >= 11 is 0. The van der Waals surface area contributed by atoms with Crippen molar-refractivity contribution in [3.05, 3.63) is 34.9 Å². The fraction of sp³-hybridized carbons (Fsp3) is 0.526. The van der Waals surface area contributed by atoms with Crippen molar-refractivity contribution in [2.45, 2.75) is 45.6 Å². The van der Waals surface area contributed by atoms with E-state index in [-0.39, 0.29) is 0 Å². The van der Waals surface area contributed by atoms with Gasteiger partial charge in [0.05, 0.1) is 18.7 Å². The minimum Gasteiger partial charge on any atom is -0.362 e. The van der Waals surface area contributed by atoms with E-state index in [1.807, 2.05) is 11.6 Å². The van der Waals surface area contributed by atoms with Crippen molar-refractivity contribution in [1.82, 2.24) is 46.0 Å². The van der Waals surface area contributed by atoms with E-state index in [9.17, 15) is 0 Å². The minimum absolute atomic E-state index is 0.404. The average Bonchev–Trinajstić information content (AvgIpc) is 3.52. The van der Waals surface area contributed by atoms with Crippen LogP contribution in [0.5, 0.6) is 0 Å². The number of nitrogens with two attached hydrogens (primary N) is 1. The van der Waals surface area contributed by atoms with E-state index < -0.39 is 0 Å². The second-order valence-electron chi connectivity index (χ2n) is 7.83. The van der Waals surface area contributed by atoms with Crippen LogP contribution in [0.4, 0.5) is 5.69 Å². The molecular weight excluding hydrogens is 382 g/mol. The zero-order valence-corrected chi connectivity index (χ0v) is 17.1. The third-order valence-corrected chi connectivity index (χ3v) is 5.91. The first-order chi connectivity index (χ1) is 14.7. The molecule has 0 unspecified atom stereocenters. The molecule has 11 heteroatoms. The third-order valence-electron chi connectivity index (χ3n) is 5.91. The topological polar surface area (TPSA) is 138 Å². The number of fused-ring (bicyclic) bond motifs is 1. The van der Waals surface area contributed by atoms with Gasteiger partial charge in [-0.05, 0) is 42.3 Å². The highest BCUT2D eigenvalue weighted by Gasteiger charge is 2.26. The van der Waals surface area contributed by atoms with Crippen molar-refractivity contribution in [3.63, 3.8) is 0 Å². The molecule has 0 saturated carbocycles. The molecule has 4 heterocycles. The molecule has 0 bridgehead atoms. The third kappa shape index (κ3) is 3.55. The summed E-state index contributed by atoms with van der Waals surface area (Å²) in [6, 6.07) is 4.80. The van der Waals surface area contributed by atoms with E-state index in [0.29, 0.717) is 25.0 Å². The van der Waals surface area contributed by atoms with Crippen molar-refractivity contribution in [2.24, 2.45) is 5.73 Å². The SMILES string of the molecule is Cc1nc2n(n1)CCN(c1ccc(CN[C@@H]3CCNC3)c(CN)c1-c1nn[nH]n1)C2. The van der Waals surface area contributed by atoms with Crippen LogP contribution in [0.25, 0.3) is 11.4 Å². The summed E-state index contributed by atoms with van der Waals surface area (Å²) in [4.78, 5) is 6.87. The van der Waals surface area contributed by atoms with E-state index in [2.05, 4.69) is 58.4 Å². The molecule has 5 N–H and O–H groups in total. The van der Waals surface area contributed by atoms with Gasteiger partial charge >= 0.3 is 0 Å². The summed E-state index contributed by atoms with van der Waals surface area (Å²) < 4.78 is 1.98. The number of aromatic nitrogens is 7. The molecule has 2 aliphatic heterocycles. The lowest BCUT2D eigenvalue weighted by Crippen LogP contribution is -2.35. The molecule has 5 rings (SSSR count). The predicted octanol–water partition coefficient (Wildman–Crippen LogP) is -0.303. The van der Waals surface area contributed by atoms with Gasteiger partial charge in [-0.25, -0.2) is 9.67 Å². The van der Waals surface area contributed by atoms with Gasteiger partial charge in [-0.15, -0.1) is 10.2 Å². The number of hydrogen-bond acceptors (Lipinski definition) is 9. The lowest BCUT2D eigenvalue weighted by atomic mass is 9.97. The number of H-pyrrole nitrogens is 1. The van der Waals surface area contributed by atoms with Crippen LogP contribution in [-0.2, 0) is 26.2 Å². The zero-order chi connectivity index (χ0) is 20.5. The van der Waals surface area contributed by atoms with Gasteiger partial charge in [-0.2, -0.15) is 10.3 Å². The Morgan fingerprint density at radius 1 is 1.30 bits per heavy atom. The lowest BCUT2D eigenvalue weighted by molar-refractivity contribution is 0.511. The number of nitrogens with zero attached hydrogens (tertiary/aromatic N) is 7. The fourth-order valence-electron chi connectivity index (χ4n) is 4.41. The summed E-state index contributed by atoms with van der Waals surface area (Å²) in [5.41, 5.74) is 10.5. The highest BCUT2D eigenvalue weighted by Crippen LogP contribution is 2.35. The van der Waals surface area contributed by atoms with Gasteiger partial charge in [0, 0.05) is 37.9 Å². The standard InChI is InChI=1S/C19H27N11/c1-12-23-17-11-29(6-7-30(17)26-12)16-3-2-13(9-22-14-4-5-21-10-14)15(8-20)18(16)19-24-27-28-25-19/h2-3,14,21-22H,4-11,20H2,1H3,(H,24,25,27,28)/t14-/m1/s1. The van der Waals surface area contributed by atoms with E-state index in [1.54, 1.807) is 0 Å². The van der Waals surface area contributed by atoms with Crippen LogP contribution in [0.2, 0.25) is 0 Å². The van der Waals surface area contributed by atoms with E-state index in [4.69, 9.17) is 5.73 Å². The van der Waals surface area contributed by atoms with Crippen molar-refractivity contribution in [2.75, 3.05) is 24.5 Å². The molecule has 1 aromatic carbocycles. The second kappa shape index (κ2) is 8.09. The Balaban J connectivity index is 1.50. The molecule has 158 valence electrons. The van der Waals surface area contributed by atoms with Crippen molar-refractivity contribution in [1.29, 1.82) is 0 Å². The van der Waals surface area contributed by atoms with Gasteiger partial charge in [0.2, 0.25) is 5.82 Å². The molecule has 2 aliphatic rings. The summed E-state index contributed by atoms with van der Waals surface area (Å²) in [6.45, 7) is 7.46. The van der Waals surface area contributed by atoms with Crippen LogP contribution in [0.3, 0.4) is 0 Å². The normalized spacial score (nSPS) is 18.7. The monoisotopic (exact) mass is 409 g/mol. The predicted molar refractivity (Wildman–Crippen MR) is 111 cm³/mol. The number of aromatic amines is 1. The maximum atomic E-state index is 6.25. The summed E-state index contributed by atoms with van der Waals surface area (Å²) in [6.07, 6.45) is 1.14. The molecule has 0 spiro atoms. The molecule has 1 atom stereocenters. The fourth-order valence-corrected chi connectivity index (χ4v) is 4.41. The molecule has 2 aromatic heterocycles. The second-order valence-corrected chi connectivity index (χ2v) is 7.83. The first kappa shape index (κ1) is 19.1. The Kier molecular flexibility index (Phi) is 5.15. The van der Waals surface area contributed by atoms with Gasteiger partial charge < -0.3 is 21.3 Å². The Labute approximate surface area is 174 Å². The number of anilines is 1. The summed E-state index contributed by atoms with van der Waals surface area (Å²) in [5, 5.41) is 26.4. The molecule has 3 aromatic rings. The number of benzene rings is 1. The average molecular weight is 410 g/mol. The van der Waals surface area contributed by atoms with Gasteiger partial charge in [0.1, 0.15) is 11.6 Å². The maximum Gasteiger partial charge on any atom is 0.207 e. The minimum atomic E-state index is 0.404. The van der Waals surface area contributed by atoms with Crippen LogP contribution in [0, 0.1) is 6.92 Å². The molecule has 0 radical (unpaired) electrons. The quantitative estimate of drug-likeness (QED) is 0.432. The van der Waals surface area contributed by atoms with Crippen molar-refractivity contribution >= 4 is 5.69 Å². The van der Waals surface area contributed by atoms with Crippen LogP contribution in [0.1, 0.15) is 29.2 Å². The molecular formula is C19H27N11. The number of hydrogen-bond donors (Lipinski definition) is 4. The number of tetrazole rings is 1. The Morgan fingerprint density at radius 2 is 2.23 bits per heavy atom. The van der Waals surface area contributed by atoms with Crippen LogP contribution in [-0.4, -0.2) is 61.1 Å². The van der Waals surface area contributed by atoms with Crippen LogP contribution < -0.4 is 21.3 Å². The highest BCUT2D eigenvalue weighted by molar-refractivity contribution is 5.79. The number of aryl methyl sites for hydroxylation is 1. The van der Waals surface area contributed by atoms with Gasteiger partial charge in [-0.3, -0.25) is 0 Å². The molecule has 0 amide bonds. The lowest BCUT2D eigenvalue weighted by Gasteiger charge is -2.31. The Morgan fingerprint density at radius 3 is 3.00 bits per heavy atom. The highest BCUT2D eigenvalue weighted by atomic mass is 15.5. The van der Waals surface area contributed by atoms with E-state index in [1.165, 1.54) is 5.56 Å². The van der Waals surface area contributed by atoms with Crippen molar-refractivity contribution in [3.8, 4) is 11.4 Å². The first-order valence-electron chi connectivity index (χ1n) is 10.4. The largest absolute Gasteiger partial charge is 0.362 e. The van der Waals surface area contributed by atoms with Crippen LogP contribution in [0.15, 0.2) is 12.1 Å². The summed E-state index contributed by atoms with van der Waals surface area (Å²) in [5.74, 6) is 2.33. The van der Waals surface area contributed by atoms with Gasteiger partial charge in [0.25, 0.3) is 0 Å². The Bertz CT molecular complexity index is 1000.